The summed E-state index contributed by atoms with van der Waals surface area (Å²) in [5.41, 5.74) is 2.42. The van der Waals surface area contributed by atoms with Gasteiger partial charge in [-0.1, -0.05) is 31.2 Å². The average Bonchev–Trinajstić information content (AvgIpc) is 2.43. The number of hydrogen-bond donors (Lipinski definition) is 0. The molecule has 3 heteroatoms. The minimum atomic E-state index is -0.470. The molecular formula is C17H22O3. The second kappa shape index (κ2) is 7.04. The van der Waals surface area contributed by atoms with Gasteiger partial charge >= 0.3 is 5.97 Å². The van der Waals surface area contributed by atoms with Gasteiger partial charge in [-0.2, -0.15) is 0 Å². The Kier molecular flexibility index (Phi) is 5.68. The molecule has 0 atom stereocenters. The molecule has 1 aromatic rings. The van der Waals surface area contributed by atoms with E-state index in [0.717, 1.165) is 29.4 Å². The van der Waals surface area contributed by atoms with E-state index in [0.29, 0.717) is 0 Å². The highest BCUT2D eigenvalue weighted by Gasteiger charge is 2.27. The van der Waals surface area contributed by atoms with E-state index in [9.17, 15) is 9.59 Å². The molecule has 0 spiro atoms. The molecule has 0 aliphatic carbocycles. The third-order valence-electron chi connectivity index (χ3n) is 3.55. The van der Waals surface area contributed by atoms with E-state index in [1.54, 1.807) is 6.08 Å². The lowest BCUT2D eigenvalue weighted by Gasteiger charge is -2.20. The van der Waals surface area contributed by atoms with Gasteiger partial charge in [0.15, 0.2) is 0 Å². The summed E-state index contributed by atoms with van der Waals surface area (Å²) in [6.45, 7) is 7.90. The van der Waals surface area contributed by atoms with Crippen LogP contribution in [0, 0.1) is 12.3 Å². The Hall–Kier alpha value is -1.90. The molecule has 0 aromatic heterocycles. The van der Waals surface area contributed by atoms with E-state index < -0.39 is 5.41 Å². The van der Waals surface area contributed by atoms with Gasteiger partial charge < -0.3 is 4.74 Å². The number of ether oxygens (including phenoxy) is 1. The van der Waals surface area contributed by atoms with Gasteiger partial charge in [0.1, 0.15) is 12.9 Å². The third kappa shape index (κ3) is 4.05. The second-order valence-electron chi connectivity index (χ2n) is 5.46. The van der Waals surface area contributed by atoms with E-state index in [2.05, 4.69) is 0 Å². The van der Waals surface area contributed by atoms with Crippen molar-refractivity contribution in [2.24, 2.45) is 5.41 Å². The van der Waals surface area contributed by atoms with Crippen molar-refractivity contribution in [1.82, 2.24) is 0 Å². The number of benzene rings is 1. The molecule has 20 heavy (non-hydrogen) atoms. The van der Waals surface area contributed by atoms with Crippen LogP contribution in [0.2, 0.25) is 0 Å². The highest BCUT2D eigenvalue weighted by molar-refractivity contribution is 5.77. The maximum absolute atomic E-state index is 12.0. The Balaban J connectivity index is 2.88. The van der Waals surface area contributed by atoms with Crippen molar-refractivity contribution >= 4 is 18.3 Å². The number of esters is 1. The minimum absolute atomic E-state index is 0.202. The lowest BCUT2D eigenvalue weighted by molar-refractivity contribution is -0.155. The van der Waals surface area contributed by atoms with Crippen LogP contribution in [-0.4, -0.2) is 12.3 Å². The normalized spacial score (nSPS) is 11.6. The van der Waals surface area contributed by atoms with Gasteiger partial charge in [0, 0.05) is 0 Å². The fraction of sp³-hybridized carbons (Fsp3) is 0.412. The van der Waals surface area contributed by atoms with Gasteiger partial charge in [0.25, 0.3) is 0 Å². The number of rotatable bonds is 6. The van der Waals surface area contributed by atoms with Crippen molar-refractivity contribution in [3.8, 4) is 0 Å². The number of hydrogen-bond acceptors (Lipinski definition) is 3. The number of aldehydes is 1. The molecule has 0 aliphatic rings. The fourth-order valence-corrected chi connectivity index (χ4v) is 1.72. The summed E-state index contributed by atoms with van der Waals surface area (Å²) in [5, 5.41) is 0. The second-order valence-corrected chi connectivity index (χ2v) is 5.46. The fourth-order valence-electron chi connectivity index (χ4n) is 1.72. The number of allylic oxidation sites excluding steroid dienone is 1. The van der Waals surface area contributed by atoms with Crippen LogP contribution in [-0.2, 0) is 20.9 Å². The van der Waals surface area contributed by atoms with Crippen LogP contribution in [0.15, 0.2) is 24.3 Å². The predicted molar refractivity (Wildman–Crippen MR) is 80.1 cm³/mol. The molecule has 0 fully saturated rings. The molecular weight excluding hydrogens is 252 g/mol. The molecule has 0 aliphatic heterocycles. The smallest absolute Gasteiger partial charge is 0.311 e. The van der Waals surface area contributed by atoms with Crippen LogP contribution in [0.1, 0.15) is 43.9 Å². The molecule has 108 valence electrons. The SMILES string of the molecule is CCC(C)(C)C(=O)OCc1cccc(C)c1/C=C/C=O. The van der Waals surface area contributed by atoms with Crippen molar-refractivity contribution in [2.75, 3.05) is 0 Å². The van der Waals surface area contributed by atoms with Crippen molar-refractivity contribution < 1.29 is 14.3 Å². The maximum Gasteiger partial charge on any atom is 0.311 e. The summed E-state index contributed by atoms with van der Waals surface area (Å²) in [7, 11) is 0. The molecule has 0 radical (unpaired) electrons. The summed E-state index contributed by atoms with van der Waals surface area (Å²) in [6.07, 6.45) is 4.67. The van der Waals surface area contributed by atoms with E-state index in [-0.39, 0.29) is 12.6 Å². The molecule has 1 aromatic carbocycles. The molecule has 0 unspecified atom stereocenters. The molecule has 0 amide bonds. The maximum atomic E-state index is 12.0. The van der Waals surface area contributed by atoms with Gasteiger partial charge in [-0.05, 0) is 50.0 Å². The zero-order chi connectivity index (χ0) is 15.2. The number of carbonyl (C=O) groups excluding carboxylic acids is 2. The summed E-state index contributed by atoms with van der Waals surface area (Å²) >= 11 is 0. The summed E-state index contributed by atoms with van der Waals surface area (Å²) in [4.78, 5) is 22.4. The molecule has 0 saturated carbocycles. The Morgan fingerprint density at radius 3 is 2.65 bits per heavy atom. The van der Waals surface area contributed by atoms with Crippen molar-refractivity contribution in [3.63, 3.8) is 0 Å². The van der Waals surface area contributed by atoms with Gasteiger partial charge in [-0.15, -0.1) is 0 Å². The van der Waals surface area contributed by atoms with Crippen molar-refractivity contribution in [2.45, 2.75) is 40.7 Å². The largest absolute Gasteiger partial charge is 0.460 e. The summed E-state index contributed by atoms with van der Waals surface area (Å²) in [5.74, 6) is -0.202. The monoisotopic (exact) mass is 274 g/mol. The Morgan fingerprint density at radius 2 is 2.05 bits per heavy atom. The molecule has 0 heterocycles. The van der Waals surface area contributed by atoms with Crippen LogP contribution < -0.4 is 0 Å². The number of carbonyl (C=O) groups is 2. The van der Waals surface area contributed by atoms with Gasteiger partial charge in [0.05, 0.1) is 5.41 Å². The zero-order valence-corrected chi connectivity index (χ0v) is 12.6. The lowest BCUT2D eigenvalue weighted by atomic mass is 9.91. The first kappa shape index (κ1) is 16.2. The van der Waals surface area contributed by atoms with Gasteiger partial charge in [0.2, 0.25) is 0 Å². The molecule has 1 rings (SSSR count). The van der Waals surface area contributed by atoms with Gasteiger partial charge in [-0.3, -0.25) is 9.59 Å². The van der Waals surface area contributed by atoms with Crippen LogP contribution in [0.3, 0.4) is 0 Å². The standard InChI is InChI=1S/C17H22O3/c1-5-17(3,4)16(19)20-12-14-9-6-8-13(2)15(14)10-7-11-18/h6-11H,5,12H2,1-4H3/b10-7+. The van der Waals surface area contributed by atoms with Crippen LogP contribution >= 0.6 is 0 Å². The van der Waals surface area contributed by atoms with E-state index in [1.165, 1.54) is 6.08 Å². The third-order valence-corrected chi connectivity index (χ3v) is 3.55. The Bertz CT molecular complexity index is 513. The highest BCUT2D eigenvalue weighted by Crippen LogP contribution is 2.23. The van der Waals surface area contributed by atoms with Crippen LogP contribution in [0.4, 0.5) is 0 Å². The van der Waals surface area contributed by atoms with Crippen molar-refractivity contribution in [1.29, 1.82) is 0 Å². The first-order chi connectivity index (χ1) is 9.42. The topological polar surface area (TPSA) is 43.4 Å². The van der Waals surface area contributed by atoms with E-state index in [4.69, 9.17) is 4.74 Å². The minimum Gasteiger partial charge on any atom is -0.460 e. The van der Waals surface area contributed by atoms with Crippen LogP contribution in [0.25, 0.3) is 6.08 Å². The average molecular weight is 274 g/mol. The molecule has 3 nitrogen and oxygen atoms in total. The quantitative estimate of drug-likeness (QED) is 0.451. The van der Waals surface area contributed by atoms with Crippen molar-refractivity contribution in [3.05, 3.63) is 41.0 Å². The Morgan fingerprint density at radius 1 is 1.35 bits per heavy atom. The van der Waals surface area contributed by atoms with Crippen LogP contribution in [0.5, 0.6) is 0 Å². The van der Waals surface area contributed by atoms with E-state index >= 15 is 0 Å². The highest BCUT2D eigenvalue weighted by atomic mass is 16.5. The molecule has 0 bridgehead atoms. The number of aryl methyl sites for hydroxylation is 1. The van der Waals surface area contributed by atoms with E-state index in [1.807, 2.05) is 45.9 Å². The predicted octanol–water partition coefficient (Wildman–Crippen LogP) is 3.69. The lowest BCUT2D eigenvalue weighted by Crippen LogP contribution is -2.25. The first-order valence-electron chi connectivity index (χ1n) is 6.80. The summed E-state index contributed by atoms with van der Waals surface area (Å²) < 4.78 is 5.40. The Labute approximate surface area is 120 Å². The van der Waals surface area contributed by atoms with Gasteiger partial charge in [-0.25, -0.2) is 0 Å². The summed E-state index contributed by atoms with van der Waals surface area (Å²) in [6, 6.07) is 5.79. The first-order valence-corrected chi connectivity index (χ1v) is 6.80. The zero-order valence-electron chi connectivity index (χ0n) is 12.6. The molecule has 0 saturated heterocycles. The molecule has 0 N–H and O–H groups in total.